The van der Waals surface area contributed by atoms with Gasteiger partial charge < -0.3 is 9.31 Å². The third-order valence-corrected chi connectivity index (χ3v) is 7.07. The van der Waals surface area contributed by atoms with Crippen LogP contribution in [0.25, 0.3) is 0 Å². The molecular weight excluding hydrogens is 367 g/mol. The Morgan fingerprint density at radius 2 is 1.00 bits per heavy atom. The van der Waals surface area contributed by atoms with E-state index in [9.17, 15) is 0 Å². The van der Waals surface area contributed by atoms with Crippen molar-refractivity contribution in [3.8, 4) is 0 Å². The van der Waals surface area contributed by atoms with Crippen LogP contribution in [0, 0.1) is 0 Å². The largest absolute Gasteiger partial charge is 0.494 e. The molecule has 1 aromatic rings. The van der Waals surface area contributed by atoms with Gasteiger partial charge in [0.15, 0.2) is 0 Å². The molecule has 0 aliphatic carbocycles. The summed E-state index contributed by atoms with van der Waals surface area (Å²) in [6.07, 6.45) is 19.5. The topological polar surface area (TPSA) is 18.5 Å². The molecule has 1 saturated heterocycles. The van der Waals surface area contributed by atoms with Gasteiger partial charge in [0.05, 0.1) is 11.2 Å². The molecule has 1 aliphatic rings. The van der Waals surface area contributed by atoms with E-state index >= 15 is 0 Å². The van der Waals surface area contributed by atoms with Crippen molar-refractivity contribution in [1.82, 2.24) is 0 Å². The summed E-state index contributed by atoms with van der Waals surface area (Å²) in [4.78, 5) is 0. The molecule has 170 valence electrons. The molecule has 30 heavy (non-hydrogen) atoms. The average molecular weight is 414 g/mol. The predicted octanol–water partition coefficient (Wildman–Crippen LogP) is 7.62. The fourth-order valence-corrected chi connectivity index (χ4v) is 4.17. The van der Waals surface area contributed by atoms with E-state index in [0.717, 1.165) is 5.46 Å². The molecule has 2 rings (SSSR count). The first kappa shape index (κ1) is 25.5. The zero-order chi connectivity index (χ0) is 21.9. The maximum atomic E-state index is 6.15. The Morgan fingerprint density at radius 3 is 1.43 bits per heavy atom. The van der Waals surface area contributed by atoms with Gasteiger partial charge in [-0.2, -0.15) is 0 Å². The van der Waals surface area contributed by atoms with E-state index in [-0.39, 0.29) is 18.3 Å². The minimum atomic E-state index is -0.273. The van der Waals surface area contributed by atoms with Crippen molar-refractivity contribution in [2.45, 2.75) is 136 Å². The number of aryl methyl sites for hydroxylation is 1. The molecule has 0 atom stereocenters. The Kier molecular flexibility index (Phi) is 11.0. The highest BCUT2D eigenvalue weighted by Crippen LogP contribution is 2.36. The van der Waals surface area contributed by atoms with E-state index < -0.39 is 0 Å². The smallest absolute Gasteiger partial charge is 0.399 e. The molecule has 3 heteroatoms. The van der Waals surface area contributed by atoms with Crippen molar-refractivity contribution >= 4 is 12.6 Å². The highest BCUT2D eigenvalue weighted by atomic mass is 16.7. The number of hydrogen-bond acceptors (Lipinski definition) is 2. The fraction of sp³-hybridized carbons (Fsp3) is 0.778. The summed E-state index contributed by atoms with van der Waals surface area (Å²) in [6, 6.07) is 8.86. The molecule has 0 unspecified atom stereocenters. The summed E-state index contributed by atoms with van der Waals surface area (Å²) in [5.74, 6) is 0. The van der Waals surface area contributed by atoms with Crippen molar-refractivity contribution in [2.24, 2.45) is 0 Å². The van der Waals surface area contributed by atoms with Gasteiger partial charge in [0, 0.05) is 0 Å². The van der Waals surface area contributed by atoms with Crippen LogP contribution < -0.4 is 5.46 Å². The maximum absolute atomic E-state index is 6.15. The summed E-state index contributed by atoms with van der Waals surface area (Å²) in [5, 5.41) is 0. The Hall–Kier alpha value is -0.795. The quantitative estimate of drug-likeness (QED) is 0.217. The first-order chi connectivity index (χ1) is 14.4. The summed E-state index contributed by atoms with van der Waals surface area (Å²) in [6.45, 7) is 10.7. The SMILES string of the molecule is CCCCCCCCCCCCCCCc1ccc(B2OC(C)(C)C(C)(C)O2)cc1. The van der Waals surface area contributed by atoms with Gasteiger partial charge in [0.1, 0.15) is 0 Å². The summed E-state index contributed by atoms with van der Waals surface area (Å²) >= 11 is 0. The first-order valence-electron chi connectivity index (χ1n) is 12.8. The van der Waals surface area contributed by atoms with E-state index in [4.69, 9.17) is 9.31 Å². The Balaban J connectivity index is 1.50. The Labute approximate surface area is 187 Å². The average Bonchev–Trinajstić information content (AvgIpc) is 2.93. The molecule has 0 N–H and O–H groups in total. The number of benzene rings is 1. The minimum Gasteiger partial charge on any atom is -0.399 e. The molecular formula is C27H47BO2. The van der Waals surface area contributed by atoms with Crippen LogP contribution >= 0.6 is 0 Å². The van der Waals surface area contributed by atoms with Crippen molar-refractivity contribution < 1.29 is 9.31 Å². The maximum Gasteiger partial charge on any atom is 0.494 e. The standard InChI is InChI=1S/C27H47BO2/c1-6-7-8-9-10-11-12-13-14-15-16-17-18-19-24-20-22-25(23-21-24)28-29-26(2,3)27(4,5)30-28/h20-23H,6-19H2,1-5H3. The normalized spacial score (nSPS) is 17.6. The van der Waals surface area contributed by atoms with Crippen LogP contribution in [0.3, 0.4) is 0 Å². The van der Waals surface area contributed by atoms with Gasteiger partial charge in [-0.1, -0.05) is 108 Å². The van der Waals surface area contributed by atoms with Crippen LogP contribution in [0.5, 0.6) is 0 Å². The first-order valence-corrected chi connectivity index (χ1v) is 12.8. The minimum absolute atomic E-state index is 0.250. The van der Waals surface area contributed by atoms with Gasteiger partial charge in [-0.15, -0.1) is 0 Å². The summed E-state index contributed by atoms with van der Waals surface area (Å²) < 4.78 is 12.3. The lowest BCUT2D eigenvalue weighted by atomic mass is 9.78. The lowest BCUT2D eigenvalue weighted by Crippen LogP contribution is -2.41. The van der Waals surface area contributed by atoms with Crippen LogP contribution in [0.4, 0.5) is 0 Å². The van der Waals surface area contributed by atoms with Crippen molar-refractivity contribution in [2.75, 3.05) is 0 Å². The van der Waals surface area contributed by atoms with Crippen molar-refractivity contribution in [1.29, 1.82) is 0 Å². The van der Waals surface area contributed by atoms with Gasteiger partial charge >= 0.3 is 7.12 Å². The second-order valence-electron chi connectivity index (χ2n) is 10.3. The zero-order valence-corrected chi connectivity index (χ0v) is 20.6. The van der Waals surface area contributed by atoms with Gasteiger partial charge in [-0.25, -0.2) is 0 Å². The van der Waals surface area contributed by atoms with Crippen LogP contribution in [-0.4, -0.2) is 18.3 Å². The highest BCUT2D eigenvalue weighted by Gasteiger charge is 2.51. The molecule has 1 heterocycles. The van der Waals surface area contributed by atoms with Gasteiger partial charge in [-0.05, 0) is 51.6 Å². The van der Waals surface area contributed by atoms with Crippen molar-refractivity contribution in [3.63, 3.8) is 0 Å². The van der Waals surface area contributed by atoms with Crippen LogP contribution in [-0.2, 0) is 15.7 Å². The van der Waals surface area contributed by atoms with E-state index in [0.29, 0.717) is 0 Å². The Bertz CT molecular complexity index is 563. The molecule has 0 spiro atoms. The van der Waals surface area contributed by atoms with Crippen LogP contribution in [0.15, 0.2) is 24.3 Å². The third kappa shape index (κ3) is 8.38. The van der Waals surface area contributed by atoms with Gasteiger partial charge in [0.2, 0.25) is 0 Å². The number of hydrogen-bond donors (Lipinski definition) is 0. The number of unbranched alkanes of at least 4 members (excludes halogenated alkanes) is 12. The fourth-order valence-electron chi connectivity index (χ4n) is 4.17. The van der Waals surface area contributed by atoms with Gasteiger partial charge in [-0.3, -0.25) is 0 Å². The molecule has 0 saturated carbocycles. The zero-order valence-electron chi connectivity index (χ0n) is 20.6. The number of rotatable bonds is 15. The van der Waals surface area contributed by atoms with E-state index in [1.807, 2.05) is 0 Å². The van der Waals surface area contributed by atoms with Crippen molar-refractivity contribution in [3.05, 3.63) is 29.8 Å². The molecule has 2 nitrogen and oxygen atoms in total. The van der Waals surface area contributed by atoms with Gasteiger partial charge in [0.25, 0.3) is 0 Å². The van der Waals surface area contributed by atoms with E-state index in [2.05, 4.69) is 58.9 Å². The van der Waals surface area contributed by atoms with Crippen LogP contribution in [0.1, 0.15) is 124 Å². The molecule has 0 amide bonds. The van der Waals surface area contributed by atoms with E-state index in [1.54, 1.807) is 0 Å². The molecule has 1 fully saturated rings. The third-order valence-electron chi connectivity index (χ3n) is 7.07. The predicted molar refractivity (Wildman–Crippen MR) is 132 cm³/mol. The molecule has 1 aromatic carbocycles. The molecule has 0 radical (unpaired) electrons. The summed E-state index contributed by atoms with van der Waals surface area (Å²) in [5.41, 5.74) is 2.01. The molecule has 0 bridgehead atoms. The molecule has 1 aliphatic heterocycles. The summed E-state index contributed by atoms with van der Waals surface area (Å²) in [7, 11) is -0.250. The molecule has 0 aromatic heterocycles. The lowest BCUT2D eigenvalue weighted by Gasteiger charge is -2.32. The van der Waals surface area contributed by atoms with E-state index in [1.165, 1.54) is 95.5 Å². The Morgan fingerprint density at radius 1 is 0.600 bits per heavy atom. The lowest BCUT2D eigenvalue weighted by molar-refractivity contribution is 0.00578. The second-order valence-corrected chi connectivity index (χ2v) is 10.3. The second kappa shape index (κ2) is 12.9. The highest BCUT2D eigenvalue weighted by molar-refractivity contribution is 6.62. The monoisotopic (exact) mass is 414 g/mol. The van der Waals surface area contributed by atoms with Crippen LogP contribution in [0.2, 0.25) is 0 Å².